The number of fused-ring (bicyclic) bond motifs is 3. The highest BCUT2D eigenvalue weighted by atomic mass is 32.1. The third-order valence-corrected chi connectivity index (χ3v) is 4.34. The normalized spacial score (nSPS) is 11.4. The predicted octanol–water partition coefficient (Wildman–Crippen LogP) is 4.20. The van der Waals surface area contributed by atoms with Crippen LogP contribution in [0.3, 0.4) is 0 Å². The standard InChI is InChI=1S/C16H13N3S/c1-2-9-18-13-6-3-4-7-14(13)19-11-12(17-16(18)19)15-8-5-10-20-15/h2-8,10-11H,1,9H2. The number of aromatic nitrogens is 3. The van der Waals surface area contributed by atoms with Gasteiger partial charge in [-0.15, -0.1) is 17.9 Å². The minimum absolute atomic E-state index is 0.762. The van der Waals surface area contributed by atoms with Crippen molar-refractivity contribution in [1.29, 1.82) is 0 Å². The Labute approximate surface area is 120 Å². The van der Waals surface area contributed by atoms with Gasteiger partial charge in [0, 0.05) is 12.7 Å². The molecule has 3 aromatic heterocycles. The molecule has 20 heavy (non-hydrogen) atoms. The smallest absolute Gasteiger partial charge is 0.215 e. The molecule has 0 bridgehead atoms. The molecule has 3 heterocycles. The van der Waals surface area contributed by atoms with E-state index in [0.29, 0.717) is 0 Å². The zero-order chi connectivity index (χ0) is 13.5. The first-order valence-electron chi connectivity index (χ1n) is 6.49. The Hall–Kier alpha value is -2.33. The summed E-state index contributed by atoms with van der Waals surface area (Å²) in [5.74, 6) is 0.967. The molecule has 3 nitrogen and oxygen atoms in total. The van der Waals surface area contributed by atoms with Crippen LogP contribution in [0.2, 0.25) is 0 Å². The third-order valence-electron chi connectivity index (χ3n) is 3.45. The summed E-state index contributed by atoms with van der Waals surface area (Å²) in [4.78, 5) is 6.00. The van der Waals surface area contributed by atoms with Gasteiger partial charge in [0.2, 0.25) is 5.78 Å². The first kappa shape index (κ1) is 11.5. The van der Waals surface area contributed by atoms with E-state index in [0.717, 1.165) is 18.0 Å². The Balaban J connectivity index is 2.06. The van der Waals surface area contributed by atoms with Crippen LogP contribution in [0.4, 0.5) is 0 Å². The maximum Gasteiger partial charge on any atom is 0.215 e. The summed E-state index contributed by atoms with van der Waals surface area (Å²) in [5.41, 5.74) is 3.39. The second-order valence-corrected chi connectivity index (χ2v) is 5.61. The molecule has 4 heteroatoms. The minimum atomic E-state index is 0.762. The van der Waals surface area contributed by atoms with E-state index in [1.54, 1.807) is 11.3 Å². The predicted molar refractivity (Wildman–Crippen MR) is 84.2 cm³/mol. The number of rotatable bonds is 3. The lowest BCUT2D eigenvalue weighted by Gasteiger charge is -1.99. The highest BCUT2D eigenvalue weighted by Gasteiger charge is 2.13. The number of allylic oxidation sites excluding steroid dienone is 1. The Morgan fingerprint density at radius 3 is 2.75 bits per heavy atom. The molecular weight excluding hydrogens is 266 g/mol. The lowest BCUT2D eigenvalue weighted by molar-refractivity contribution is 0.874. The van der Waals surface area contributed by atoms with Gasteiger partial charge in [-0.25, -0.2) is 4.98 Å². The molecule has 0 radical (unpaired) electrons. The monoisotopic (exact) mass is 279 g/mol. The Morgan fingerprint density at radius 2 is 2.00 bits per heavy atom. The van der Waals surface area contributed by atoms with Gasteiger partial charge < -0.3 is 4.57 Å². The molecule has 0 aliphatic heterocycles. The van der Waals surface area contributed by atoms with Crippen molar-refractivity contribution >= 4 is 28.1 Å². The van der Waals surface area contributed by atoms with Crippen LogP contribution >= 0.6 is 11.3 Å². The maximum absolute atomic E-state index is 4.80. The van der Waals surface area contributed by atoms with E-state index in [9.17, 15) is 0 Å². The van der Waals surface area contributed by atoms with E-state index in [4.69, 9.17) is 4.98 Å². The Kier molecular flexibility index (Phi) is 2.50. The van der Waals surface area contributed by atoms with Gasteiger partial charge in [0.15, 0.2) is 0 Å². The molecule has 0 amide bonds. The molecule has 0 fully saturated rings. The molecule has 0 unspecified atom stereocenters. The van der Waals surface area contributed by atoms with Crippen LogP contribution in [-0.4, -0.2) is 14.0 Å². The summed E-state index contributed by atoms with van der Waals surface area (Å²) >= 11 is 1.71. The summed E-state index contributed by atoms with van der Waals surface area (Å²) in [6, 6.07) is 12.5. The van der Waals surface area contributed by atoms with E-state index < -0.39 is 0 Å². The molecule has 4 aromatic rings. The number of hydrogen-bond acceptors (Lipinski definition) is 2. The summed E-state index contributed by atoms with van der Waals surface area (Å²) in [7, 11) is 0. The van der Waals surface area contributed by atoms with Crippen molar-refractivity contribution in [3.8, 4) is 10.6 Å². The van der Waals surface area contributed by atoms with Crippen molar-refractivity contribution in [3.05, 3.63) is 60.6 Å². The van der Waals surface area contributed by atoms with Crippen molar-refractivity contribution in [3.63, 3.8) is 0 Å². The fourth-order valence-corrected chi connectivity index (χ4v) is 3.27. The number of hydrogen-bond donors (Lipinski definition) is 0. The first-order valence-corrected chi connectivity index (χ1v) is 7.37. The molecule has 0 saturated heterocycles. The van der Waals surface area contributed by atoms with Crippen LogP contribution in [0, 0.1) is 0 Å². The number of thiophene rings is 1. The van der Waals surface area contributed by atoms with Gasteiger partial charge in [-0.05, 0) is 23.6 Å². The van der Waals surface area contributed by atoms with Crippen LogP contribution in [-0.2, 0) is 6.54 Å². The van der Waals surface area contributed by atoms with E-state index in [-0.39, 0.29) is 0 Å². The van der Waals surface area contributed by atoms with Gasteiger partial charge >= 0.3 is 0 Å². The van der Waals surface area contributed by atoms with Crippen molar-refractivity contribution in [2.45, 2.75) is 6.54 Å². The fraction of sp³-hybridized carbons (Fsp3) is 0.0625. The van der Waals surface area contributed by atoms with E-state index in [1.165, 1.54) is 15.9 Å². The summed E-state index contributed by atoms with van der Waals surface area (Å²) in [6.07, 6.45) is 4.02. The fourth-order valence-electron chi connectivity index (χ4n) is 2.59. The Bertz CT molecular complexity index is 897. The third kappa shape index (κ3) is 1.55. The lowest BCUT2D eigenvalue weighted by Crippen LogP contribution is -1.95. The number of benzene rings is 1. The largest absolute Gasteiger partial charge is 0.306 e. The highest BCUT2D eigenvalue weighted by Crippen LogP contribution is 2.27. The van der Waals surface area contributed by atoms with Crippen LogP contribution in [0.15, 0.2) is 60.6 Å². The van der Waals surface area contributed by atoms with Gasteiger partial charge in [0.25, 0.3) is 0 Å². The van der Waals surface area contributed by atoms with Gasteiger partial charge in [0.05, 0.1) is 15.9 Å². The number of nitrogens with zero attached hydrogens (tertiary/aromatic N) is 3. The van der Waals surface area contributed by atoms with E-state index in [1.807, 2.05) is 6.08 Å². The van der Waals surface area contributed by atoms with Crippen molar-refractivity contribution < 1.29 is 0 Å². The summed E-state index contributed by atoms with van der Waals surface area (Å²) in [5, 5.41) is 2.08. The summed E-state index contributed by atoms with van der Waals surface area (Å²) in [6.45, 7) is 4.61. The molecule has 4 rings (SSSR count). The van der Waals surface area contributed by atoms with Crippen molar-refractivity contribution in [2.75, 3.05) is 0 Å². The maximum atomic E-state index is 4.80. The second kappa shape index (κ2) is 4.35. The second-order valence-electron chi connectivity index (χ2n) is 4.66. The van der Waals surface area contributed by atoms with Crippen LogP contribution in [0.1, 0.15) is 0 Å². The van der Waals surface area contributed by atoms with Gasteiger partial charge in [-0.3, -0.25) is 4.40 Å². The zero-order valence-electron chi connectivity index (χ0n) is 10.9. The molecule has 0 N–H and O–H groups in total. The van der Waals surface area contributed by atoms with Gasteiger partial charge in [-0.2, -0.15) is 0 Å². The Morgan fingerprint density at radius 1 is 1.15 bits per heavy atom. The highest BCUT2D eigenvalue weighted by molar-refractivity contribution is 7.13. The topological polar surface area (TPSA) is 22.2 Å². The molecule has 0 aliphatic rings. The van der Waals surface area contributed by atoms with E-state index >= 15 is 0 Å². The number of para-hydroxylation sites is 2. The first-order chi connectivity index (χ1) is 9.88. The SMILES string of the molecule is C=CCn1c2ccccc2n2cc(-c3cccs3)nc12. The van der Waals surface area contributed by atoms with Crippen molar-refractivity contribution in [1.82, 2.24) is 14.0 Å². The average molecular weight is 279 g/mol. The van der Waals surface area contributed by atoms with Crippen LogP contribution < -0.4 is 0 Å². The number of imidazole rings is 2. The average Bonchev–Trinajstić information content (AvgIpc) is 3.16. The molecule has 0 spiro atoms. The quantitative estimate of drug-likeness (QED) is 0.515. The van der Waals surface area contributed by atoms with Crippen LogP contribution in [0.5, 0.6) is 0 Å². The van der Waals surface area contributed by atoms with Gasteiger partial charge in [-0.1, -0.05) is 24.3 Å². The van der Waals surface area contributed by atoms with Gasteiger partial charge in [0.1, 0.15) is 5.69 Å². The molecule has 0 saturated carbocycles. The molecule has 0 aliphatic carbocycles. The van der Waals surface area contributed by atoms with E-state index in [2.05, 4.69) is 63.5 Å². The minimum Gasteiger partial charge on any atom is -0.306 e. The van der Waals surface area contributed by atoms with Crippen LogP contribution in [0.25, 0.3) is 27.4 Å². The molecule has 0 atom stereocenters. The molecular formula is C16H13N3S. The molecule has 98 valence electrons. The van der Waals surface area contributed by atoms with Crippen molar-refractivity contribution in [2.24, 2.45) is 0 Å². The summed E-state index contributed by atoms with van der Waals surface area (Å²) < 4.78 is 4.35. The zero-order valence-corrected chi connectivity index (χ0v) is 11.7. The molecule has 1 aromatic carbocycles. The lowest BCUT2D eigenvalue weighted by atomic mass is 10.3.